The van der Waals surface area contributed by atoms with Crippen LogP contribution in [0.25, 0.3) is 0 Å². The van der Waals surface area contributed by atoms with Crippen LogP contribution < -0.4 is 0 Å². The van der Waals surface area contributed by atoms with Gasteiger partial charge in [-0.1, -0.05) is 12.1 Å². The van der Waals surface area contributed by atoms with E-state index < -0.39 is 10.0 Å². The lowest BCUT2D eigenvalue weighted by Crippen LogP contribution is -2.45. The second-order valence-corrected chi connectivity index (χ2v) is 9.89. The smallest absolute Gasteiger partial charge is 0.285 e. The molecule has 3 aliphatic rings. The van der Waals surface area contributed by atoms with E-state index in [0.717, 1.165) is 18.6 Å². The summed E-state index contributed by atoms with van der Waals surface area (Å²) in [4.78, 5) is 17.7. The molecule has 7 nitrogen and oxygen atoms in total. The van der Waals surface area contributed by atoms with Crippen LogP contribution in [-0.4, -0.2) is 49.1 Å². The van der Waals surface area contributed by atoms with Gasteiger partial charge in [0.2, 0.25) is 5.91 Å². The molecule has 1 saturated carbocycles. The summed E-state index contributed by atoms with van der Waals surface area (Å²) in [6.07, 6.45) is 5.11. The van der Waals surface area contributed by atoms with Gasteiger partial charge in [0.15, 0.2) is 5.84 Å². The molecule has 1 unspecified atom stereocenters. The first kappa shape index (κ1) is 19.4. The van der Waals surface area contributed by atoms with Crippen LogP contribution >= 0.6 is 0 Å². The van der Waals surface area contributed by atoms with Crippen molar-refractivity contribution in [1.82, 2.24) is 9.80 Å². The molecule has 2 fully saturated rings. The number of likely N-dealkylation sites (tertiary alicyclic amines) is 1. The SMILES string of the molecule is CC(c1ccco1)N(C(=O)C1CCN(C2=NS(=O)(=O)c3ccccc32)CC1)C1CC1. The number of benzene rings is 1. The Morgan fingerprint density at radius 3 is 2.53 bits per heavy atom. The zero-order valence-corrected chi connectivity index (χ0v) is 17.7. The quantitative estimate of drug-likeness (QED) is 0.748. The van der Waals surface area contributed by atoms with Gasteiger partial charge in [0.05, 0.1) is 12.3 Å². The molecule has 5 rings (SSSR count). The lowest BCUT2D eigenvalue weighted by Gasteiger charge is -2.37. The molecule has 0 N–H and O–H groups in total. The number of carbonyl (C=O) groups is 1. The largest absolute Gasteiger partial charge is 0.467 e. The molecule has 3 heterocycles. The van der Waals surface area contributed by atoms with Crippen molar-refractivity contribution in [3.8, 4) is 0 Å². The van der Waals surface area contributed by atoms with Gasteiger partial charge >= 0.3 is 0 Å². The molecule has 1 saturated heterocycles. The van der Waals surface area contributed by atoms with Crippen LogP contribution in [0.5, 0.6) is 0 Å². The highest BCUT2D eigenvalue weighted by molar-refractivity contribution is 7.90. The molecule has 1 aromatic carbocycles. The number of rotatable bonds is 4. The maximum absolute atomic E-state index is 13.4. The van der Waals surface area contributed by atoms with Crippen molar-refractivity contribution in [3.63, 3.8) is 0 Å². The average Bonchev–Trinajstić information content (AvgIpc) is 3.34. The van der Waals surface area contributed by atoms with E-state index in [0.29, 0.717) is 43.4 Å². The van der Waals surface area contributed by atoms with Gasteiger partial charge in [-0.2, -0.15) is 8.42 Å². The number of piperidine rings is 1. The number of carbonyl (C=O) groups excluding carboxylic acids is 1. The zero-order chi connectivity index (χ0) is 20.9. The first-order valence-corrected chi connectivity index (χ1v) is 11.9. The normalized spacial score (nSPS) is 21.8. The minimum atomic E-state index is -3.63. The summed E-state index contributed by atoms with van der Waals surface area (Å²) in [7, 11) is -3.63. The van der Waals surface area contributed by atoms with E-state index >= 15 is 0 Å². The molecular weight excluding hydrogens is 402 g/mol. The first-order valence-electron chi connectivity index (χ1n) is 10.5. The third kappa shape index (κ3) is 3.33. The summed E-state index contributed by atoms with van der Waals surface area (Å²) >= 11 is 0. The Kier molecular flexibility index (Phi) is 4.69. The van der Waals surface area contributed by atoms with Gasteiger partial charge < -0.3 is 14.2 Å². The maximum atomic E-state index is 13.4. The number of amides is 1. The number of furan rings is 1. The van der Waals surface area contributed by atoms with Crippen molar-refractivity contribution in [3.05, 3.63) is 54.0 Å². The molecule has 30 heavy (non-hydrogen) atoms. The molecule has 1 aliphatic carbocycles. The first-order chi connectivity index (χ1) is 14.5. The van der Waals surface area contributed by atoms with E-state index in [1.54, 1.807) is 24.5 Å². The molecule has 0 spiro atoms. The van der Waals surface area contributed by atoms with Gasteiger partial charge in [-0.15, -0.1) is 4.40 Å². The third-order valence-electron chi connectivity index (χ3n) is 6.32. The van der Waals surface area contributed by atoms with Crippen LogP contribution in [0.4, 0.5) is 0 Å². The summed E-state index contributed by atoms with van der Waals surface area (Å²) in [6, 6.07) is 10.9. The number of hydrogen-bond donors (Lipinski definition) is 0. The number of hydrogen-bond acceptors (Lipinski definition) is 5. The van der Waals surface area contributed by atoms with E-state index in [-0.39, 0.29) is 22.8 Å². The molecule has 1 amide bonds. The maximum Gasteiger partial charge on any atom is 0.285 e. The number of fused-ring (bicyclic) bond motifs is 1. The summed E-state index contributed by atoms with van der Waals surface area (Å²) in [5.74, 6) is 1.45. The number of sulfonamides is 1. The minimum Gasteiger partial charge on any atom is -0.467 e. The Hall–Kier alpha value is -2.61. The Morgan fingerprint density at radius 1 is 1.13 bits per heavy atom. The molecule has 1 aromatic heterocycles. The van der Waals surface area contributed by atoms with Crippen molar-refractivity contribution >= 4 is 21.8 Å². The Bertz CT molecular complexity index is 1080. The highest BCUT2D eigenvalue weighted by atomic mass is 32.2. The molecule has 0 bridgehead atoms. The Morgan fingerprint density at radius 2 is 1.87 bits per heavy atom. The highest BCUT2D eigenvalue weighted by Gasteiger charge is 2.41. The summed E-state index contributed by atoms with van der Waals surface area (Å²) in [5, 5.41) is 0. The lowest BCUT2D eigenvalue weighted by molar-refractivity contribution is -0.140. The van der Waals surface area contributed by atoms with Gasteiger partial charge in [-0.3, -0.25) is 4.79 Å². The summed E-state index contributed by atoms with van der Waals surface area (Å²) < 4.78 is 34.3. The fraction of sp³-hybridized carbons (Fsp3) is 0.455. The van der Waals surface area contributed by atoms with Crippen molar-refractivity contribution in [2.45, 2.75) is 49.6 Å². The van der Waals surface area contributed by atoms with Gasteiger partial charge in [0, 0.05) is 30.6 Å². The van der Waals surface area contributed by atoms with Crippen molar-refractivity contribution in [1.29, 1.82) is 0 Å². The second kappa shape index (κ2) is 7.27. The van der Waals surface area contributed by atoms with E-state index in [1.165, 1.54) is 0 Å². The molecule has 1 atom stereocenters. The fourth-order valence-electron chi connectivity index (χ4n) is 4.57. The number of nitrogens with zero attached hydrogens (tertiary/aromatic N) is 3. The predicted octanol–water partition coefficient (Wildman–Crippen LogP) is 3.19. The highest BCUT2D eigenvalue weighted by Crippen LogP contribution is 2.37. The van der Waals surface area contributed by atoms with E-state index in [1.807, 2.05) is 34.9 Å². The van der Waals surface area contributed by atoms with E-state index in [2.05, 4.69) is 4.40 Å². The molecule has 158 valence electrons. The van der Waals surface area contributed by atoms with Crippen molar-refractivity contribution < 1.29 is 17.6 Å². The molecule has 2 aliphatic heterocycles. The second-order valence-electron chi connectivity index (χ2n) is 8.32. The monoisotopic (exact) mass is 427 g/mol. The molecule has 0 radical (unpaired) electrons. The topological polar surface area (TPSA) is 83.2 Å². The predicted molar refractivity (Wildman–Crippen MR) is 111 cm³/mol. The Balaban J connectivity index is 1.30. The van der Waals surface area contributed by atoms with Crippen LogP contribution in [0.1, 0.15) is 50.0 Å². The number of amidine groups is 1. The van der Waals surface area contributed by atoms with Gasteiger partial charge in [0.25, 0.3) is 10.0 Å². The van der Waals surface area contributed by atoms with Gasteiger partial charge in [-0.25, -0.2) is 0 Å². The molecule has 2 aromatic rings. The van der Waals surface area contributed by atoms with Gasteiger partial charge in [0.1, 0.15) is 10.7 Å². The van der Waals surface area contributed by atoms with E-state index in [4.69, 9.17) is 4.42 Å². The average molecular weight is 428 g/mol. The van der Waals surface area contributed by atoms with Crippen LogP contribution in [-0.2, 0) is 14.8 Å². The standard InChI is InChI=1S/C22H25N3O4S/c1-15(19-6-4-14-29-19)25(17-8-9-17)22(26)16-10-12-24(13-11-16)21-18-5-2-3-7-20(18)30(27,28)23-21/h2-7,14-17H,8-13H2,1H3. The molecular formula is C22H25N3O4S. The lowest BCUT2D eigenvalue weighted by atomic mass is 9.93. The van der Waals surface area contributed by atoms with Crippen LogP contribution in [0.15, 0.2) is 56.4 Å². The van der Waals surface area contributed by atoms with Gasteiger partial charge in [-0.05, 0) is 56.9 Å². The van der Waals surface area contributed by atoms with E-state index in [9.17, 15) is 13.2 Å². The third-order valence-corrected chi connectivity index (χ3v) is 7.65. The minimum absolute atomic E-state index is 0.0619. The zero-order valence-electron chi connectivity index (χ0n) is 16.9. The Labute approximate surface area is 176 Å². The van der Waals surface area contributed by atoms with Crippen LogP contribution in [0.3, 0.4) is 0 Å². The van der Waals surface area contributed by atoms with Crippen LogP contribution in [0.2, 0.25) is 0 Å². The van der Waals surface area contributed by atoms with Crippen molar-refractivity contribution in [2.75, 3.05) is 13.1 Å². The molecule has 8 heteroatoms. The van der Waals surface area contributed by atoms with Crippen molar-refractivity contribution in [2.24, 2.45) is 10.3 Å². The van der Waals surface area contributed by atoms with Crippen LogP contribution in [0, 0.1) is 5.92 Å². The fourth-order valence-corrected chi connectivity index (χ4v) is 5.80. The summed E-state index contributed by atoms with van der Waals surface area (Å²) in [5.41, 5.74) is 0.660. The summed E-state index contributed by atoms with van der Waals surface area (Å²) in [6.45, 7) is 3.26.